The van der Waals surface area contributed by atoms with Gasteiger partial charge in [0, 0.05) is 21.9 Å². The van der Waals surface area contributed by atoms with Crippen molar-refractivity contribution in [2.24, 2.45) is 0 Å². The molecule has 0 radical (unpaired) electrons. The molecule has 4 rings (SSSR count). The first kappa shape index (κ1) is 19.3. The fourth-order valence-electron chi connectivity index (χ4n) is 2.85. The van der Waals surface area contributed by atoms with Crippen molar-refractivity contribution in [3.63, 3.8) is 0 Å². The Balaban J connectivity index is 1.27. The number of urea groups is 1. The maximum atomic E-state index is 12.2. The van der Waals surface area contributed by atoms with Crippen molar-refractivity contribution in [2.75, 3.05) is 17.2 Å². The summed E-state index contributed by atoms with van der Waals surface area (Å²) in [6.07, 6.45) is 2.08. The molecule has 6 nitrogen and oxygen atoms in total. The van der Waals surface area contributed by atoms with E-state index in [1.807, 2.05) is 36.4 Å². The fraction of sp³-hybridized carbons (Fsp3) is 0.182. The van der Waals surface area contributed by atoms with Gasteiger partial charge >= 0.3 is 6.03 Å². The van der Waals surface area contributed by atoms with Crippen LogP contribution in [0.2, 0.25) is 0 Å². The normalized spacial score (nSPS) is 13.0. The van der Waals surface area contributed by atoms with Gasteiger partial charge in [-0.2, -0.15) is 0 Å². The maximum absolute atomic E-state index is 12.2. The quantitative estimate of drug-likeness (QED) is 0.496. The van der Waals surface area contributed by atoms with E-state index < -0.39 is 0 Å². The minimum Gasteiger partial charge on any atom is -0.484 e. The molecule has 3 amide bonds. The van der Waals surface area contributed by atoms with Gasteiger partial charge in [-0.25, -0.2) is 4.79 Å². The van der Waals surface area contributed by atoms with Gasteiger partial charge < -0.3 is 20.7 Å². The number of hydrogen-bond acceptors (Lipinski definition) is 3. The second-order valence-corrected chi connectivity index (χ2v) is 7.86. The summed E-state index contributed by atoms with van der Waals surface area (Å²) in [6, 6.07) is 18.7. The molecule has 1 fully saturated rings. The van der Waals surface area contributed by atoms with Gasteiger partial charge in [0.15, 0.2) is 6.61 Å². The third kappa shape index (κ3) is 5.48. The molecule has 3 aromatic carbocycles. The molecular formula is C22H20BrN3O3. The SMILES string of the molecule is O=C(COc1ccc2cc(Br)ccc2c1)Nc1ccc(NC(=O)NC2CC2)cc1. The Morgan fingerprint density at radius 1 is 0.897 bits per heavy atom. The minimum absolute atomic E-state index is 0.0914. The molecule has 7 heteroatoms. The molecule has 0 unspecified atom stereocenters. The zero-order chi connectivity index (χ0) is 20.2. The molecule has 1 aliphatic carbocycles. The molecule has 0 aromatic heterocycles. The Morgan fingerprint density at radius 3 is 2.28 bits per heavy atom. The summed E-state index contributed by atoms with van der Waals surface area (Å²) in [5, 5.41) is 10.5. The molecule has 0 bridgehead atoms. The van der Waals surface area contributed by atoms with Crippen LogP contribution < -0.4 is 20.7 Å². The zero-order valence-corrected chi connectivity index (χ0v) is 17.2. The van der Waals surface area contributed by atoms with Crippen LogP contribution in [0.15, 0.2) is 65.1 Å². The highest BCUT2D eigenvalue weighted by Crippen LogP contribution is 2.24. The van der Waals surface area contributed by atoms with E-state index in [0.717, 1.165) is 28.1 Å². The zero-order valence-electron chi connectivity index (χ0n) is 15.6. The number of hydrogen-bond donors (Lipinski definition) is 3. The number of benzene rings is 3. The van der Waals surface area contributed by atoms with E-state index in [9.17, 15) is 9.59 Å². The van der Waals surface area contributed by atoms with Crippen LogP contribution in [0, 0.1) is 0 Å². The molecule has 0 saturated heterocycles. The lowest BCUT2D eigenvalue weighted by molar-refractivity contribution is -0.118. The predicted molar refractivity (Wildman–Crippen MR) is 117 cm³/mol. The molecular weight excluding hydrogens is 434 g/mol. The molecule has 3 aromatic rings. The lowest BCUT2D eigenvalue weighted by atomic mass is 10.1. The molecule has 0 spiro atoms. The van der Waals surface area contributed by atoms with E-state index in [0.29, 0.717) is 23.2 Å². The van der Waals surface area contributed by atoms with Crippen molar-refractivity contribution < 1.29 is 14.3 Å². The van der Waals surface area contributed by atoms with Gasteiger partial charge in [-0.15, -0.1) is 0 Å². The summed E-state index contributed by atoms with van der Waals surface area (Å²) >= 11 is 3.45. The van der Waals surface area contributed by atoms with Crippen LogP contribution in [0.25, 0.3) is 10.8 Å². The van der Waals surface area contributed by atoms with Crippen LogP contribution in [0.3, 0.4) is 0 Å². The molecule has 3 N–H and O–H groups in total. The number of carbonyl (C=O) groups is 2. The summed E-state index contributed by atoms with van der Waals surface area (Å²) in [4.78, 5) is 23.9. The molecule has 0 heterocycles. The Kier molecular flexibility index (Phi) is 5.67. The van der Waals surface area contributed by atoms with E-state index in [2.05, 4.69) is 31.9 Å². The molecule has 29 heavy (non-hydrogen) atoms. The summed E-state index contributed by atoms with van der Waals surface area (Å²) in [6.45, 7) is -0.0914. The third-order valence-corrected chi connectivity index (χ3v) is 4.98. The van der Waals surface area contributed by atoms with Gasteiger partial charge in [-0.1, -0.05) is 28.1 Å². The molecule has 148 valence electrons. The summed E-state index contributed by atoms with van der Waals surface area (Å²) in [7, 11) is 0. The van der Waals surface area contributed by atoms with E-state index in [-0.39, 0.29) is 18.5 Å². The second kappa shape index (κ2) is 8.53. The van der Waals surface area contributed by atoms with Gasteiger partial charge in [-0.05, 0) is 72.1 Å². The van der Waals surface area contributed by atoms with Crippen molar-refractivity contribution in [3.8, 4) is 5.75 Å². The lowest BCUT2D eigenvalue weighted by Gasteiger charge is -2.10. The highest BCUT2D eigenvalue weighted by molar-refractivity contribution is 9.10. The standard InChI is InChI=1S/C22H20BrN3O3/c23-16-3-1-15-12-20(10-2-14(15)11-16)29-13-21(27)24-17-4-6-18(7-5-17)25-22(28)26-19-8-9-19/h1-7,10-12,19H,8-9,13H2,(H,24,27)(H2,25,26,28). The molecule has 1 aliphatic rings. The Hall–Kier alpha value is -3.06. The Labute approximate surface area is 176 Å². The monoisotopic (exact) mass is 453 g/mol. The van der Waals surface area contributed by atoms with Gasteiger partial charge in [0.2, 0.25) is 0 Å². The van der Waals surface area contributed by atoms with Crippen molar-refractivity contribution in [2.45, 2.75) is 18.9 Å². The highest BCUT2D eigenvalue weighted by Gasteiger charge is 2.23. The number of carbonyl (C=O) groups excluding carboxylic acids is 2. The number of rotatable bonds is 6. The first-order valence-electron chi connectivity index (χ1n) is 9.35. The second-order valence-electron chi connectivity index (χ2n) is 6.94. The van der Waals surface area contributed by atoms with E-state index >= 15 is 0 Å². The van der Waals surface area contributed by atoms with E-state index in [1.54, 1.807) is 24.3 Å². The number of fused-ring (bicyclic) bond motifs is 1. The summed E-state index contributed by atoms with van der Waals surface area (Å²) in [5.74, 6) is 0.379. The van der Waals surface area contributed by atoms with Gasteiger partial charge in [0.05, 0.1) is 0 Å². The van der Waals surface area contributed by atoms with Crippen LogP contribution in [0.1, 0.15) is 12.8 Å². The largest absolute Gasteiger partial charge is 0.484 e. The van der Waals surface area contributed by atoms with E-state index in [4.69, 9.17) is 4.74 Å². The molecule has 0 aliphatic heterocycles. The van der Waals surface area contributed by atoms with Crippen LogP contribution in [0.4, 0.5) is 16.2 Å². The van der Waals surface area contributed by atoms with Crippen LogP contribution in [-0.4, -0.2) is 24.6 Å². The average molecular weight is 454 g/mol. The summed E-state index contributed by atoms with van der Waals surface area (Å²) < 4.78 is 6.63. The number of anilines is 2. The van der Waals surface area contributed by atoms with Crippen LogP contribution in [0.5, 0.6) is 5.75 Å². The smallest absolute Gasteiger partial charge is 0.319 e. The predicted octanol–water partition coefficient (Wildman–Crippen LogP) is 4.90. The van der Waals surface area contributed by atoms with Gasteiger partial charge in [-0.3, -0.25) is 4.79 Å². The summed E-state index contributed by atoms with van der Waals surface area (Å²) in [5.41, 5.74) is 1.30. The number of nitrogens with one attached hydrogen (secondary N) is 3. The number of amides is 3. The van der Waals surface area contributed by atoms with Crippen molar-refractivity contribution >= 4 is 50.0 Å². The lowest BCUT2D eigenvalue weighted by Crippen LogP contribution is -2.30. The van der Waals surface area contributed by atoms with Crippen molar-refractivity contribution in [3.05, 3.63) is 65.1 Å². The first-order chi connectivity index (χ1) is 14.0. The Bertz CT molecular complexity index is 1050. The van der Waals surface area contributed by atoms with Crippen LogP contribution in [-0.2, 0) is 4.79 Å². The average Bonchev–Trinajstić information content (AvgIpc) is 3.51. The first-order valence-corrected chi connectivity index (χ1v) is 10.1. The van der Waals surface area contributed by atoms with Gasteiger partial charge in [0.25, 0.3) is 5.91 Å². The molecule has 1 saturated carbocycles. The van der Waals surface area contributed by atoms with Crippen molar-refractivity contribution in [1.29, 1.82) is 0 Å². The number of halogens is 1. The highest BCUT2D eigenvalue weighted by atomic mass is 79.9. The third-order valence-electron chi connectivity index (χ3n) is 4.48. The minimum atomic E-state index is -0.256. The topological polar surface area (TPSA) is 79.5 Å². The number of ether oxygens (including phenoxy) is 1. The Morgan fingerprint density at radius 2 is 1.55 bits per heavy atom. The van der Waals surface area contributed by atoms with Crippen LogP contribution >= 0.6 is 15.9 Å². The van der Waals surface area contributed by atoms with E-state index in [1.165, 1.54) is 0 Å². The maximum Gasteiger partial charge on any atom is 0.319 e. The van der Waals surface area contributed by atoms with Gasteiger partial charge in [0.1, 0.15) is 5.75 Å². The van der Waals surface area contributed by atoms with Crippen molar-refractivity contribution in [1.82, 2.24) is 5.32 Å². The fourth-order valence-corrected chi connectivity index (χ4v) is 3.23. The molecule has 0 atom stereocenters.